The Hall–Kier alpha value is -2.26. The van der Waals surface area contributed by atoms with Gasteiger partial charge in [0, 0.05) is 11.6 Å². The number of hydrogen-bond acceptors (Lipinski definition) is 2. The van der Waals surface area contributed by atoms with E-state index in [1.807, 2.05) is 49.5 Å². The first-order valence-electron chi connectivity index (χ1n) is 6.97. The van der Waals surface area contributed by atoms with Gasteiger partial charge in [0.05, 0.1) is 11.6 Å². The highest BCUT2D eigenvalue weighted by Crippen LogP contribution is 2.28. The van der Waals surface area contributed by atoms with Crippen LogP contribution in [0.4, 0.5) is 4.39 Å². The number of fused-ring (bicyclic) bond motifs is 1. The van der Waals surface area contributed by atoms with E-state index in [4.69, 9.17) is 0 Å². The van der Waals surface area contributed by atoms with E-state index in [2.05, 4.69) is 10.3 Å². The van der Waals surface area contributed by atoms with Crippen LogP contribution >= 0.6 is 0 Å². The number of para-hydroxylation sites is 1. The van der Waals surface area contributed by atoms with Crippen molar-refractivity contribution in [2.24, 2.45) is 0 Å². The van der Waals surface area contributed by atoms with Crippen molar-refractivity contribution in [2.45, 2.75) is 13.0 Å². The second-order valence-corrected chi connectivity index (χ2v) is 5.15. The van der Waals surface area contributed by atoms with E-state index in [1.54, 1.807) is 19.2 Å². The first kappa shape index (κ1) is 13.7. The number of pyridine rings is 1. The number of nitrogens with zero attached hydrogens (tertiary/aromatic N) is 1. The van der Waals surface area contributed by atoms with E-state index < -0.39 is 0 Å². The van der Waals surface area contributed by atoms with Gasteiger partial charge in [-0.05, 0) is 48.9 Å². The van der Waals surface area contributed by atoms with Crippen molar-refractivity contribution in [2.75, 3.05) is 7.05 Å². The van der Waals surface area contributed by atoms with E-state index in [0.717, 1.165) is 22.0 Å². The Labute approximate surface area is 123 Å². The molecule has 1 N–H and O–H groups in total. The molecule has 2 nitrogen and oxygen atoms in total. The summed E-state index contributed by atoms with van der Waals surface area (Å²) in [7, 11) is 1.89. The maximum Gasteiger partial charge on any atom is 0.126 e. The van der Waals surface area contributed by atoms with Gasteiger partial charge in [-0.15, -0.1) is 0 Å². The molecule has 2 aromatic carbocycles. The first-order valence-corrected chi connectivity index (χ1v) is 6.97. The molecule has 3 aromatic rings. The number of benzene rings is 2. The zero-order chi connectivity index (χ0) is 14.8. The van der Waals surface area contributed by atoms with Crippen LogP contribution in [0.15, 0.2) is 54.7 Å². The molecule has 0 radical (unpaired) electrons. The second-order valence-electron chi connectivity index (χ2n) is 5.15. The zero-order valence-electron chi connectivity index (χ0n) is 12.1. The first-order chi connectivity index (χ1) is 10.2. The summed E-state index contributed by atoms with van der Waals surface area (Å²) in [5.41, 5.74) is 3.62. The highest BCUT2D eigenvalue weighted by atomic mass is 19.1. The van der Waals surface area contributed by atoms with Crippen LogP contribution in [0.5, 0.6) is 0 Å². The topological polar surface area (TPSA) is 24.9 Å². The number of hydrogen-bond donors (Lipinski definition) is 1. The molecule has 21 heavy (non-hydrogen) atoms. The minimum Gasteiger partial charge on any atom is -0.309 e. The quantitative estimate of drug-likeness (QED) is 0.784. The van der Waals surface area contributed by atoms with Crippen molar-refractivity contribution in [3.05, 3.63) is 77.2 Å². The predicted molar refractivity (Wildman–Crippen MR) is 83.8 cm³/mol. The molecule has 106 valence electrons. The van der Waals surface area contributed by atoms with E-state index in [0.29, 0.717) is 5.56 Å². The van der Waals surface area contributed by atoms with Crippen molar-refractivity contribution < 1.29 is 4.39 Å². The predicted octanol–water partition coefficient (Wildman–Crippen LogP) is 3.99. The monoisotopic (exact) mass is 280 g/mol. The molecule has 0 aliphatic heterocycles. The zero-order valence-corrected chi connectivity index (χ0v) is 12.1. The van der Waals surface area contributed by atoms with Gasteiger partial charge >= 0.3 is 0 Å². The van der Waals surface area contributed by atoms with Crippen LogP contribution < -0.4 is 5.32 Å². The van der Waals surface area contributed by atoms with Crippen LogP contribution in [0.25, 0.3) is 10.9 Å². The molecule has 1 aromatic heterocycles. The Morgan fingerprint density at radius 2 is 1.90 bits per heavy atom. The molecule has 0 spiro atoms. The Morgan fingerprint density at radius 1 is 1.10 bits per heavy atom. The highest BCUT2D eigenvalue weighted by Gasteiger charge is 2.16. The molecule has 0 bridgehead atoms. The Kier molecular flexibility index (Phi) is 3.67. The van der Waals surface area contributed by atoms with E-state index in [-0.39, 0.29) is 11.9 Å². The third kappa shape index (κ3) is 2.52. The average molecular weight is 280 g/mol. The molecule has 3 rings (SSSR count). The number of halogens is 1. The molecule has 3 heteroatoms. The maximum absolute atomic E-state index is 13.9. The lowest BCUT2D eigenvalue weighted by molar-refractivity contribution is 0.608. The third-order valence-corrected chi connectivity index (χ3v) is 3.81. The van der Waals surface area contributed by atoms with Crippen molar-refractivity contribution in [1.29, 1.82) is 0 Å². The Morgan fingerprint density at radius 3 is 2.67 bits per heavy atom. The molecule has 0 fully saturated rings. The molecular weight excluding hydrogens is 263 g/mol. The third-order valence-electron chi connectivity index (χ3n) is 3.81. The lowest BCUT2D eigenvalue weighted by atomic mass is 9.95. The van der Waals surface area contributed by atoms with Crippen molar-refractivity contribution >= 4 is 10.9 Å². The summed E-state index contributed by atoms with van der Waals surface area (Å²) in [6, 6.07) is 15.3. The van der Waals surface area contributed by atoms with E-state index in [1.165, 1.54) is 0 Å². The summed E-state index contributed by atoms with van der Waals surface area (Å²) in [4.78, 5) is 4.38. The van der Waals surface area contributed by atoms with Crippen LogP contribution in [-0.2, 0) is 0 Å². The number of nitrogens with one attached hydrogen (secondary N) is 1. The second kappa shape index (κ2) is 5.62. The van der Waals surface area contributed by atoms with Gasteiger partial charge in [-0.2, -0.15) is 0 Å². The van der Waals surface area contributed by atoms with Gasteiger partial charge in [-0.25, -0.2) is 4.39 Å². The molecule has 0 aliphatic rings. The molecule has 0 aliphatic carbocycles. The van der Waals surface area contributed by atoms with Crippen LogP contribution in [0.3, 0.4) is 0 Å². The van der Waals surface area contributed by atoms with Gasteiger partial charge in [0.2, 0.25) is 0 Å². The molecule has 1 atom stereocenters. The lowest BCUT2D eigenvalue weighted by Gasteiger charge is -2.19. The average Bonchev–Trinajstić information content (AvgIpc) is 2.52. The fourth-order valence-corrected chi connectivity index (χ4v) is 2.66. The van der Waals surface area contributed by atoms with Crippen LogP contribution in [0.2, 0.25) is 0 Å². The van der Waals surface area contributed by atoms with Gasteiger partial charge in [0.1, 0.15) is 5.82 Å². The maximum atomic E-state index is 13.9. The Balaban J connectivity index is 2.16. The summed E-state index contributed by atoms with van der Waals surface area (Å²) in [5.74, 6) is -0.175. The highest BCUT2D eigenvalue weighted by molar-refractivity contribution is 5.82. The van der Waals surface area contributed by atoms with Gasteiger partial charge in [0.25, 0.3) is 0 Å². The molecule has 1 heterocycles. The normalized spacial score (nSPS) is 12.5. The van der Waals surface area contributed by atoms with Gasteiger partial charge in [-0.1, -0.05) is 30.3 Å². The Bertz CT molecular complexity index is 778. The van der Waals surface area contributed by atoms with E-state index in [9.17, 15) is 4.39 Å². The SMILES string of the molecule is CNC(c1ccc(C)c(F)c1)c1ccnc2ccccc12. The largest absolute Gasteiger partial charge is 0.309 e. The lowest BCUT2D eigenvalue weighted by Crippen LogP contribution is -2.18. The number of aromatic nitrogens is 1. The van der Waals surface area contributed by atoms with E-state index >= 15 is 0 Å². The standard InChI is InChI=1S/C18H17FN2/c1-12-7-8-13(11-16(12)19)18(20-2)15-9-10-21-17-6-4-3-5-14(15)17/h3-11,18,20H,1-2H3. The van der Waals surface area contributed by atoms with Crippen LogP contribution in [-0.4, -0.2) is 12.0 Å². The molecule has 0 saturated heterocycles. The number of rotatable bonds is 3. The number of aryl methyl sites for hydroxylation is 1. The van der Waals surface area contributed by atoms with Crippen molar-refractivity contribution in [1.82, 2.24) is 10.3 Å². The smallest absolute Gasteiger partial charge is 0.126 e. The molecule has 1 unspecified atom stereocenters. The molecular formula is C18H17FN2. The van der Waals surface area contributed by atoms with Gasteiger partial charge in [-0.3, -0.25) is 4.98 Å². The van der Waals surface area contributed by atoms with Gasteiger partial charge in [0.15, 0.2) is 0 Å². The summed E-state index contributed by atoms with van der Waals surface area (Å²) >= 11 is 0. The summed E-state index contributed by atoms with van der Waals surface area (Å²) < 4.78 is 13.9. The van der Waals surface area contributed by atoms with Crippen LogP contribution in [0.1, 0.15) is 22.7 Å². The summed E-state index contributed by atoms with van der Waals surface area (Å²) in [6.07, 6.45) is 1.80. The van der Waals surface area contributed by atoms with Crippen molar-refractivity contribution in [3.8, 4) is 0 Å². The molecule has 0 amide bonds. The minimum atomic E-state index is -0.175. The fourth-order valence-electron chi connectivity index (χ4n) is 2.66. The summed E-state index contributed by atoms with van der Waals surface area (Å²) in [5, 5.41) is 4.36. The fraction of sp³-hybridized carbons (Fsp3) is 0.167. The molecule has 0 saturated carbocycles. The van der Waals surface area contributed by atoms with Gasteiger partial charge < -0.3 is 5.32 Å². The minimum absolute atomic E-state index is 0.0620. The summed E-state index contributed by atoms with van der Waals surface area (Å²) in [6.45, 7) is 1.77. The van der Waals surface area contributed by atoms with Crippen molar-refractivity contribution in [3.63, 3.8) is 0 Å². The van der Waals surface area contributed by atoms with Crippen LogP contribution in [0, 0.1) is 12.7 Å².